The van der Waals surface area contributed by atoms with E-state index in [0.29, 0.717) is 5.16 Å². The molecule has 2 rings (SSSR count). The molecule has 0 spiro atoms. The summed E-state index contributed by atoms with van der Waals surface area (Å²) in [5.74, 6) is 0.794. The van der Waals surface area contributed by atoms with Crippen LogP contribution < -0.4 is 5.32 Å². The van der Waals surface area contributed by atoms with Gasteiger partial charge in [-0.2, -0.15) is 0 Å². The van der Waals surface area contributed by atoms with Crippen molar-refractivity contribution in [3.05, 3.63) is 24.5 Å². The lowest BCUT2D eigenvalue weighted by molar-refractivity contribution is 0.888. The summed E-state index contributed by atoms with van der Waals surface area (Å²) in [7, 11) is 1.83. The zero-order chi connectivity index (χ0) is 12.1. The molecule has 2 aromatic rings. The Balaban J connectivity index is 2.26. The lowest BCUT2D eigenvalue weighted by Gasteiger charge is -2.04. The minimum atomic E-state index is 0.681. The van der Waals surface area contributed by atoms with E-state index in [-0.39, 0.29) is 0 Å². The van der Waals surface area contributed by atoms with Gasteiger partial charge in [-0.05, 0) is 24.1 Å². The molecule has 0 aliphatic carbocycles. The van der Waals surface area contributed by atoms with Gasteiger partial charge in [-0.15, -0.1) is 0 Å². The molecule has 0 aliphatic heterocycles. The van der Waals surface area contributed by atoms with E-state index in [1.807, 2.05) is 19.4 Å². The number of nitrogens with zero attached hydrogens (tertiary/aromatic N) is 4. The third kappa shape index (κ3) is 3.31. The predicted molar refractivity (Wildman–Crippen MR) is 69.5 cm³/mol. The Bertz CT molecular complexity index is 469. The van der Waals surface area contributed by atoms with Gasteiger partial charge in [0.05, 0.1) is 0 Å². The summed E-state index contributed by atoms with van der Waals surface area (Å²) in [6.07, 6.45) is 5.37. The molecule has 0 saturated carbocycles. The fourth-order valence-electron chi connectivity index (χ4n) is 1.11. The molecule has 0 saturated heterocycles. The molecular weight excluding hydrogens is 254 g/mol. The zero-order valence-corrected chi connectivity index (χ0v) is 11.0. The van der Waals surface area contributed by atoms with Gasteiger partial charge in [-0.3, -0.25) is 0 Å². The lowest BCUT2D eigenvalue weighted by Crippen LogP contribution is -1.97. The molecule has 0 unspecified atom stereocenters. The van der Waals surface area contributed by atoms with Gasteiger partial charge in [0, 0.05) is 25.5 Å². The average Bonchev–Trinajstić information content (AvgIpc) is 2.39. The topological polar surface area (TPSA) is 63.6 Å². The number of aromatic nitrogens is 4. The van der Waals surface area contributed by atoms with Gasteiger partial charge in [0.1, 0.15) is 10.8 Å². The summed E-state index contributed by atoms with van der Waals surface area (Å²) >= 11 is 2.93. The van der Waals surface area contributed by atoms with Crippen molar-refractivity contribution in [1.82, 2.24) is 19.9 Å². The molecule has 0 atom stereocenters. The molecule has 0 radical (unpaired) electrons. The van der Waals surface area contributed by atoms with Crippen LogP contribution in [0.3, 0.4) is 0 Å². The Morgan fingerprint density at radius 2 is 1.88 bits per heavy atom. The van der Waals surface area contributed by atoms with Crippen molar-refractivity contribution in [3.63, 3.8) is 0 Å². The molecule has 0 amide bonds. The summed E-state index contributed by atoms with van der Waals surface area (Å²) in [6, 6.07) is 3.66. The quantitative estimate of drug-likeness (QED) is 0.516. The van der Waals surface area contributed by atoms with Crippen LogP contribution in [0.25, 0.3) is 0 Å². The number of hydrogen-bond donors (Lipinski definition) is 1. The maximum Gasteiger partial charge on any atom is 0.193 e. The Hall–Kier alpha value is -1.34. The number of anilines is 1. The third-order valence-electron chi connectivity index (χ3n) is 1.86. The Morgan fingerprint density at radius 3 is 2.53 bits per heavy atom. The fraction of sp³-hybridized carbons (Fsp3) is 0.200. The second-order valence-corrected chi connectivity index (χ2v) is 4.72. The average molecular weight is 265 g/mol. The van der Waals surface area contributed by atoms with Crippen LogP contribution in [0.5, 0.6) is 0 Å². The molecule has 0 aliphatic rings. The molecular formula is C10H11N5S2. The van der Waals surface area contributed by atoms with Crippen LogP contribution in [-0.4, -0.2) is 33.2 Å². The van der Waals surface area contributed by atoms with E-state index >= 15 is 0 Å². The maximum atomic E-state index is 4.39. The molecule has 7 heteroatoms. The van der Waals surface area contributed by atoms with Crippen molar-refractivity contribution in [3.8, 4) is 0 Å². The summed E-state index contributed by atoms with van der Waals surface area (Å²) < 4.78 is 0. The van der Waals surface area contributed by atoms with Crippen LogP contribution in [-0.2, 0) is 0 Å². The first-order valence-corrected chi connectivity index (χ1v) is 6.91. The van der Waals surface area contributed by atoms with Gasteiger partial charge in [0.2, 0.25) is 0 Å². The zero-order valence-electron chi connectivity index (χ0n) is 9.41. The molecule has 1 N–H and O–H groups in total. The van der Waals surface area contributed by atoms with E-state index in [1.165, 1.54) is 23.5 Å². The first-order valence-electron chi connectivity index (χ1n) is 4.87. The highest BCUT2D eigenvalue weighted by molar-refractivity contribution is 7.99. The lowest BCUT2D eigenvalue weighted by atomic mass is 10.6. The predicted octanol–water partition coefficient (Wildman–Crippen LogP) is 2.18. The van der Waals surface area contributed by atoms with Crippen LogP contribution in [0, 0.1) is 0 Å². The van der Waals surface area contributed by atoms with Crippen LogP contribution in [0.1, 0.15) is 0 Å². The van der Waals surface area contributed by atoms with Crippen LogP contribution >= 0.6 is 23.5 Å². The Labute approximate surface area is 108 Å². The Morgan fingerprint density at radius 1 is 1.12 bits per heavy atom. The van der Waals surface area contributed by atoms with Gasteiger partial charge < -0.3 is 5.32 Å². The first kappa shape index (κ1) is 12.1. The summed E-state index contributed by atoms with van der Waals surface area (Å²) in [5.41, 5.74) is 0. The van der Waals surface area contributed by atoms with Crippen LogP contribution in [0.4, 0.5) is 5.82 Å². The van der Waals surface area contributed by atoms with Crippen molar-refractivity contribution in [2.75, 3.05) is 18.6 Å². The van der Waals surface area contributed by atoms with Crippen molar-refractivity contribution < 1.29 is 0 Å². The number of rotatable bonds is 4. The van der Waals surface area contributed by atoms with Gasteiger partial charge in [0.25, 0.3) is 0 Å². The van der Waals surface area contributed by atoms with E-state index in [9.17, 15) is 0 Å². The molecule has 88 valence electrons. The minimum Gasteiger partial charge on any atom is -0.373 e. The Kier molecular flexibility index (Phi) is 4.16. The standard InChI is InChI=1S/C10H11N5S2/c1-11-7-6-8(15-10(14-7)16-2)17-9-12-4-3-5-13-9/h3-6H,1-2H3,(H,11,14,15). The highest BCUT2D eigenvalue weighted by Gasteiger charge is 2.06. The number of thioether (sulfide) groups is 1. The van der Waals surface area contributed by atoms with Crippen molar-refractivity contribution in [2.24, 2.45) is 0 Å². The third-order valence-corrected chi connectivity index (χ3v) is 3.22. The smallest absolute Gasteiger partial charge is 0.193 e. The summed E-state index contributed by atoms with van der Waals surface area (Å²) in [6.45, 7) is 0. The highest BCUT2D eigenvalue weighted by atomic mass is 32.2. The van der Waals surface area contributed by atoms with Crippen molar-refractivity contribution in [1.29, 1.82) is 0 Å². The molecule has 0 aromatic carbocycles. The summed E-state index contributed by atoms with van der Waals surface area (Å²) in [4.78, 5) is 17.0. The second kappa shape index (κ2) is 5.83. The fourth-order valence-corrected chi connectivity index (χ4v) is 2.26. The van der Waals surface area contributed by atoms with Gasteiger partial charge in [-0.1, -0.05) is 11.8 Å². The normalized spacial score (nSPS) is 10.2. The van der Waals surface area contributed by atoms with Crippen LogP contribution in [0.2, 0.25) is 0 Å². The van der Waals surface area contributed by atoms with Gasteiger partial charge in [-0.25, -0.2) is 19.9 Å². The molecule has 2 heterocycles. The van der Waals surface area contributed by atoms with Gasteiger partial charge in [0.15, 0.2) is 10.3 Å². The monoisotopic (exact) mass is 265 g/mol. The SMILES string of the molecule is CNc1cc(Sc2ncccn2)nc(SC)n1. The molecule has 0 fully saturated rings. The maximum absolute atomic E-state index is 4.39. The van der Waals surface area contributed by atoms with E-state index < -0.39 is 0 Å². The van der Waals surface area contributed by atoms with E-state index in [4.69, 9.17) is 0 Å². The summed E-state index contributed by atoms with van der Waals surface area (Å²) in [5, 5.41) is 5.26. The molecule has 0 bridgehead atoms. The molecule has 5 nitrogen and oxygen atoms in total. The van der Waals surface area contributed by atoms with Crippen molar-refractivity contribution in [2.45, 2.75) is 15.3 Å². The number of nitrogens with one attached hydrogen (secondary N) is 1. The highest BCUT2D eigenvalue weighted by Crippen LogP contribution is 2.25. The first-order chi connectivity index (χ1) is 8.31. The number of hydrogen-bond acceptors (Lipinski definition) is 7. The minimum absolute atomic E-state index is 0.681. The van der Waals surface area contributed by atoms with E-state index in [1.54, 1.807) is 18.5 Å². The van der Waals surface area contributed by atoms with E-state index in [0.717, 1.165) is 16.0 Å². The van der Waals surface area contributed by atoms with Crippen molar-refractivity contribution >= 4 is 29.3 Å². The molecule has 2 aromatic heterocycles. The second-order valence-electron chi connectivity index (χ2n) is 2.96. The van der Waals surface area contributed by atoms with Gasteiger partial charge >= 0.3 is 0 Å². The largest absolute Gasteiger partial charge is 0.373 e. The van der Waals surface area contributed by atoms with E-state index in [2.05, 4.69) is 25.3 Å². The molecule has 17 heavy (non-hydrogen) atoms. The van der Waals surface area contributed by atoms with Crippen LogP contribution in [0.15, 0.2) is 39.9 Å².